The van der Waals surface area contributed by atoms with E-state index in [0.717, 1.165) is 28.0 Å². The van der Waals surface area contributed by atoms with Gasteiger partial charge in [-0.25, -0.2) is 0 Å². The van der Waals surface area contributed by atoms with Crippen molar-refractivity contribution >= 4 is 34.9 Å². The van der Waals surface area contributed by atoms with Crippen LogP contribution in [0.15, 0.2) is 36.4 Å². The molecule has 1 heterocycles. The normalized spacial score (nSPS) is 11.0. The molecule has 0 spiro atoms. The van der Waals surface area contributed by atoms with E-state index in [1.807, 2.05) is 54.8 Å². The van der Waals surface area contributed by atoms with Gasteiger partial charge in [-0.15, -0.1) is 0 Å². The van der Waals surface area contributed by atoms with Crippen molar-refractivity contribution in [3.8, 4) is 11.4 Å². The Morgan fingerprint density at radius 1 is 1.29 bits per heavy atom. The first-order valence-electron chi connectivity index (χ1n) is 6.75. The number of hydrogen-bond donors (Lipinski definition) is 1. The van der Waals surface area contributed by atoms with E-state index in [-0.39, 0.29) is 0 Å². The number of fused-ring (bicyclic) bond motifs is 1. The third-order valence-corrected chi connectivity index (χ3v) is 3.91. The van der Waals surface area contributed by atoms with E-state index in [1.165, 1.54) is 0 Å². The smallest absolute Gasteiger partial charge is 0.182 e. The third-order valence-electron chi connectivity index (χ3n) is 3.39. The van der Waals surface area contributed by atoms with E-state index in [9.17, 15) is 0 Å². The van der Waals surface area contributed by atoms with Gasteiger partial charge in [-0.05, 0) is 55.9 Å². The molecule has 0 saturated carbocycles. The van der Waals surface area contributed by atoms with E-state index in [4.69, 9.17) is 28.6 Å². The molecular weight excluding hydrogens is 304 g/mol. The van der Waals surface area contributed by atoms with Crippen molar-refractivity contribution in [3.05, 3.63) is 51.8 Å². The van der Waals surface area contributed by atoms with Crippen molar-refractivity contribution in [2.75, 3.05) is 6.61 Å². The Balaban J connectivity index is 2.33. The highest BCUT2D eigenvalue weighted by Crippen LogP contribution is 2.29. The van der Waals surface area contributed by atoms with Crippen molar-refractivity contribution in [2.45, 2.75) is 13.8 Å². The molecule has 0 aliphatic carbocycles. The zero-order chi connectivity index (χ0) is 15.0. The number of imidazole rings is 1. The summed E-state index contributed by atoms with van der Waals surface area (Å²) in [5.74, 6) is 0.805. The molecule has 0 fully saturated rings. The lowest BCUT2D eigenvalue weighted by atomic mass is 10.2. The fraction of sp³-hybridized carbons (Fsp3) is 0.188. The molecule has 3 nitrogen and oxygen atoms in total. The average Bonchev–Trinajstić information content (AvgIpc) is 2.79. The lowest BCUT2D eigenvalue weighted by Gasteiger charge is -2.09. The second kappa shape index (κ2) is 5.54. The minimum absolute atomic E-state index is 0.612. The molecule has 0 radical (unpaired) electrons. The summed E-state index contributed by atoms with van der Waals surface area (Å²) < 4.78 is 8.28. The summed E-state index contributed by atoms with van der Waals surface area (Å²) in [5.41, 5.74) is 3.98. The van der Waals surface area contributed by atoms with E-state index in [1.54, 1.807) is 0 Å². The molecule has 0 atom stereocenters. The van der Waals surface area contributed by atoms with E-state index in [0.29, 0.717) is 16.4 Å². The van der Waals surface area contributed by atoms with Crippen LogP contribution in [0.3, 0.4) is 0 Å². The van der Waals surface area contributed by atoms with Crippen LogP contribution in [-0.2, 0) is 0 Å². The number of halogens is 1. The zero-order valence-corrected chi connectivity index (χ0v) is 13.4. The lowest BCUT2D eigenvalue weighted by molar-refractivity contribution is 0.343. The molecule has 3 rings (SSSR count). The van der Waals surface area contributed by atoms with Gasteiger partial charge in [-0.1, -0.05) is 23.7 Å². The van der Waals surface area contributed by atoms with E-state index < -0.39 is 0 Å². The van der Waals surface area contributed by atoms with Crippen LogP contribution in [0, 0.1) is 11.7 Å². The average molecular weight is 319 g/mol. The summed E-state index contributed by atoms with van der Waals surface area (Å²) in [6.07, 6.45) is 0. The van der Waals surface area contributed by atoms with Gasteiger partial charge in [-0.2, -0.15) is 0 Å². The molecule has 3 aromatic rings. The van der Waals surface area contributed by atoms with Crippen LogP contribution < -0.4 is 4.74 Å². The number of para-hydroxylation sites is 1. The lowest BCUT2D eigenvalue weighted by Crippen LogP contribution is -1.97. The summed E-state index contributed by atoms with van der Waals surface area (Å²) in [5, 5.41) is 0.688. The Kier molecular flexibility index (Phi) is 3.74. The standard InChI is InChI=1S/C16H15ClN2OS/c1-3-20-14-6-4-5-12-15(14)18-16(21)19(12)13-9-11(17)8-7-10(13)2/h4-9H,3H2,1-2H3,(H,18,21). The molecule has 1 N–H and O–H groups in total. The summed E-state index contributed by atoms with van der Waals surface area (Å²) in [6, 6.07) is 11.7. The first-order chi connectivity index (χ1) is 10.1. The highest BCUT2D eigenvalue weighted by molar-refractivity contribution is 7.71. The minimum Gasteiger partial charge on any atom is -0.492 e. The van der Waals surface area contributed by atoms with E-state index >= 15 is 0 Å². The summed E-state index contributed by atoms with van der Waals surface area (Å²) in [7, 11) is 0. The van der Waals surface area contributed by atoms with Crippen molar-refractivity contribution in [3.63, 3.8) is 0 Å². The van der Waals surface area contributed by atoms with Crippen LogP contribution in [-0.4, -0.2) is 16.2 Å². The number of H-pyrrole nitrogens is 1. The highest BCUT2D eigenvalue weighted by Gasteiger charge is 2.12. The Labute approximate surface area is 133 Å². The Hall–Kier alpha value is -1.78. The molecule has 0 aliphatic rings. The van der Waals surface area contributed by atoms with Crippen LogP contribution in [0.4, 0.5) is 0 Å². The summed E-state index contributed by atoms with van der Waals surface area (Å²) in [6.45, 7) is 4.62. The van der Waals surface area contributed by atoms with Gasteiger partial charge in [0, 0.05) is 5.02 Å². The number of nitrogens with zero attached hydrogens (tertiary/aromatic N) is 1. The number of rotatable bonds is 3. The van der Waals surface area contributed by atoms with Gasteiger partial charge in [0.25, 0.3) is 0 Å². The topological polar surface area (TPSA) is 29.9 Å². The van der Waals surface area contributed by atoms with Crippen molar-refractivity contribution in [1.82, 2.24) is 9.55 Å². The van der Waals surface area contributed by atoms with Crippen molar-refractivity contribution in [2.24, 2.45) is 0 Å². The van der Waals surface area contributed by atoms with Crippen molar-refractivity contribution in [1.29, 1.82) is 0 Å². The molecule has 0 aliphatic heterocycles. The third kappa shape index (κ3) is 2.45. The van der Waals surface area contributed by atoms with E-state index in [2.05, 4.69) is 4.98 Å². The molecule has 21 heavy (non-hydrogen) atoms. The second-order valence-corrected chi connectivity index (χ2v) is 5.60. The molecular formula is C16H15ClN2OS. The predicted molar refractivity (Wildman–Crippen MR) is 89.4 cm³/mol. The maximum Gasteiger partial charge on any atom is 0.182 e. The van der Waals surface area contributed by atoms with Gasteiger partial charge < -0.3 is 9.72 Å². The van der Waals surface area contributed by atoms with Gasteiger partial charge in [-0.3, -0.25) is 4.57 Å². The second-order valence-electron chi connectivity index (χ2n) is 4.78. The maximum atomic E-state index is 6.14. The van der Waals surface area contributed by atoms with Gasteiger partial charge >= 0.3 is 0 Å². The van der Waals surface area contributed by atoms with Crippen LogP contribution in [0.2, 0.25) is 5.02 Å². The molecule has 0 bridgehead atoms. The monoisotopic (exact) mass is 318 g/mol. The molecule has 5 heteroatoms. The first kappa shape index (κ1) is 14.2. The molecule has 2 aromatic carbocycles. The Bertz CT molecular complexity index is 866. The van der Waals surface area contributed by atoms with Crippen LogP contribution >= 0.6 is 23.8 Å². The maximum absolute atomic E-state index is 6.14. The first-order valence-corrected chi connectivity index (χ1v) is 7.53. The molecule has 1 aromatic heterocycles. The molecule has 108 valence electrons. The Morgan fingerprint density at radius 3 is 2.86 bits per heavy atom. The number of aromatic nitrogens is 2. The van der Waals surface area contributed by atoms with Gasteiger partial charge in [0.2, 0.25) is 0 Å². The van der Waals surface area contributed by atoms with Crippen LogP contribution in [0.25, 0.3) is 16.7 Å². The summed E-state index contributed by atoms with van der Waals surface area (Å²) in [4.78, 5) is 3.24. The number of aryl methyl sites for hydroxylation is 1. The molecule has 0 saturated heterocycles. The number of benzene rings is 2. The minimum atomic E-state index is 0.612. The largest absolute Gasteiger partial charge is 0.492 e. The zero-order valence-electron chi connectivity index (χ0n) is 11.8. The molecule has 0 amide bonds. The van der Waals surface area contributed by atoms with Crippen molar-refractivity contribution < 1.29 is 4.74 Å². The van der Waals surface area contributed by atoms with Crippen LogP contribution in [0.5, 0.6) is 5.75 Å². The number of nitrogens with one attached hydrogen (secondary N) is 1. The predicted octanol–water partition coefficient (Wildman–Crippen LogP) is 5.05. The van der Waals surface area contributed by atoms with Gasteiger partial charge in [0.15, 0.2) is 4.77 Å². The van der Waals surface area contributed by atoms with Crippen LogP contribution in [0.1, 0.15) is 12.5 Å². The summed E-state index contributed by atoms with van der Waals surface area (Å²) >= 11 is 11.6. The SMILES string of the molecule is CCOc1cccc2c1[nH]c(=S)n2-c1cc(Cl)ccc1C. The quantitative estimate of drug-likeness (QED) is 0.685. The Morgan fingerprint density at radius 2 is 2.10 bits per heavy atom. The fourth-order valence-electron chi connectivity index (χ4n) is 2.44. The number of hydrogen-bond acceptors (Lipinski definition) is 2. The van der Waals surface area contributed by atoms with Gasteiger partial charge in [0.1, 0.15) is 11.3 Å². The number of aromatic amines is 1. The highest BCUT2D eigenvalue weighted by atomic mass is 35.5. The fourth-order valence-corrected chi connectivity index (χ4v) is 2.91. The van der Waals surface area contributed by atoms with Gasteiger partial charge in [0.05, 0.1) is 17.8 Å². The molecule has 0 unspecified atom stereocenters. The number of ether oxygens (including phenoxy) is 1.